The van der Waals surface area contributed by atoms with Gasteiger partial charge in [0, 0.05) is 27.0 Å². The molecule has 1 unspecified atom stereocenters. The zero-order chi connectivity index (χ0) is 22.1. The Morgan fingerprint density at radius 1 is 1.13 bits per heavy atom. The van der Waals surface area contributed by atoms with Gasteiger partial charge in [0.2, 0.25) is 5.95 Å². The average molecular weight is 458 g/mol. The molecule has 4 rings (SSSR count). The molecule has 1 atom stereocenters. The summed E-state index contributed by atoms with van der Waals surface area (Å²) in [5.74, 6) is -0.885. The fraction of sp³-hybridized carbons (Fsp3) is 0.143. The van der Waals surface area contributed by atoms with Crippen LogP contribution in [0.2, 0.25) is 10.0 Å². The van der Waals surface area contributed by atoms with Crippen LogP contribution in [0, 0.1) is 0 Å². The second-order valence-corrected chi connectivity index (χ2v) is 7.59. The lowest BCUT2D eigenvalue weighted by molar-refractivity contribution is -0.113. The van der Waals surface area contributed by atoms with E-state index in [1.54, 1.807) is 49.4 Å². The standard InChI is InChI=1S/C21H17Cl2N5O3/c1-11-16(19(29)25-13-9-7-12(22)8-10-13)17(14-5-3-4-6-15(14)23)28-21(24-11)26-18(27-28)20(30)31-2/h3-10,17H,1-2H3,(H,25,29)(H,24,26,27). The van der Waals surface area contributed by atoms with Crippen molar-refractivity contribution in [1.82, 2.24) is 14.8 Å². The molecular formula is C21H17Cl2N5O3. The quantitative estimate of drug-likeness (QED) is 0.566. The van der Waals surface area contributed by atoms with Gasteiger partial charge in [-0.25, -0.2) is 9.48 Å². The van der Waals surface area contributed by atoms with E-state index < -0.39 is 12.0 Å². The molecule has 158 valence electrons. The van der Waals surface area contributed by atoms with Crippen molar-refractivity contribution in [2.24, 2.45) is 0 Å². The van der Waals surface area contributed by atoms with Gasteiger partial charge in [0.05, 0.1) is 12.7 Å². The summed E-state index contributed by atoms with van der Waals surface area (Å²) in [6.45, 7) is 1.75. The number of allylic oxidation sites excluding steroid dienone is 1. The Kier molecular flexibility index (Phi) is 5.67. The van der Waals surface area contributed by atoms with Gasteiger partial charge in [0.15, 0.2) is 0 Å². The molecule has 0 bridgehead atoms. The van der Waals surface area contributed by atoms with Crippen LogP contribution < -0.4 is 10.6 Å². The monoisotopic (exact) mass is 457 g/mol. The first-order valence-electron chi connectivity index (χ1n) is 9.23. The second kappa shape index (κ2) is 8.41. The maximum atomic E-state index is 13.3. The van der Waals surface area contributed by atoms with Gasteiger partial charge >= 0.3 is 5.97 Å². The van der Waals surface area contributed by atoms with E-state index in [-0.39, 0.29) is 11.7 Å². The van der Waals surface area contributed by atoms with Gasteiger partial charge in [-0.2, -0.15) is 4.98 Å². The number of ether oxygens (including phenoxy) is 1. The van der Waals surface area contributed by atoms with Crippen LogP contribution in [0.4, 0.5) is 11.6 Å². The lowest BCUT2D eigenvalue weighted by atomic mass is 9.95. The van der Waals surface area contributed by atoms with E-state index in [0.717, 1.165) is 0 Å². The minimum Gasteiger partial charge on any atom is -0.463 e. The van der Waals surface area contributed by atoms with Gasteiger partial charge in [-0.1, -0.05) is 41.4 Å². The molecule has 8 nitrogen and oxygen atoms in total. The zero-order valence-corrected chi connectivity index (χ0v) is 18.0. The van der Waals surface area contributed by atoms with Gasteiger partial charge in [-0.15, -0.1) is 5.10 Å². The third-order valence-electron chi connectivity index (χ3n) is 4.77. The largest absolute Gasteiger partial charge is 0.463 e. The molecule has 1 amide bonds. The summed E-state index contributed by atoms with van der Waals surface area (Å²) >= 11 is 12.4. The molecule has 0 radical (unpaired) electrons. The summed E-state index contributed by atoms with van der Waals surface area (Å²) in [6.07, 6.45) is 0. The zero-order valence-electron chi connectivity index (χ0n) is 16.5. The number of hydrogen-bond donors (Lipinski definition) is 2. The Hall–Kier alpha value is -3.36. The molecule has 0 saturated heterocycles. The van der Waals surface area contributed by atoms with Crippen molar-refractivity contribution in [1.29, 1.82) is 0 Å². The molecule has 2 aromatic carbocycles. The average Bonchev–Trinajstić information content (AvgIpc) is 3.18. The predicted molar refractivity (Wildman–Crippen MR) is 117 cm³/mol. The number of benzene rings is 2. The van der Waals surface area contributed by atoms with Crippen LogP contribution in [0.15, 0.2) is 59.8 Å². The van der Waals surface area contributed by atoms with E-state index in [1.807, 2.05) is 6.07 Å². The molecule has 0 spiro atoms. The number of methoxy groups -OCH3 is 1. The summed E-state index contributed by atoms with van der Waals surface area (Å²) in [5.41, 5.74) is 2.13. The van der Waals surface area contributed by atoms with Crippen molar-refractivity contribution in [2.45, 2.75) is 13.0 Å². The highest BCUT2D eigenvalue weighted by Gasteiger charge is 2.36. The Labute approximate surface area is 187 Å². The number of halogens is 2. The van der Waals surface area contributed by atoms with Crippen LogP contribution in [0.1, 0.15) is 29.1 Å². The number of carbonyl (C=O) groups excluding carboxylic acids is 2. The molecule has 0 aliphatic carbocycles. The smallest absolute Gasteiger partial charge is 0.378 e. The van der Waals surface area contributed by atoms with Gasteiger partial charge in [-0.05, 0) is 37.3 Å². The lowest BCUT2D eigenvalue weighted by Gasteiger charge is -2.29. The van der Waals surface area contributed by atoms with Gasteiger partial charge < -0.3 is 15.4 Å². The van der Waals surface area contributed by atoms with E-state index in [4.69, 9.17) is 27.9 Å². The third kappa shape index (κ3) is 3.99. The summed E-state index contributed by atoms with van der Waals surface area (Å²) in [5, 5.41) is 11.2. The van der Waals surface area contributed by atoms with Crippen molar-refractivity contribution in [3.63, 3.8) is 0 Å². The predicted octanol–water partition coefficient (Wildman–Crippen LogP) is 4.30. The van der Waals surface area contributed by atoms with E-state index >= 15 is 0 Å². The SMILES string of the molecule is COC(=O)c1nc2n(n1)C(c1ccccc1Cl)C(C(=O)Nc1ccc(Cl)cc1)=C(C)N2. The lowest BCUT2D eigenvalue weighted by Crippen LogP contribution is -2.31. The number of nitrogens with one attached hydrogen (secondary N) is 2. The van der Waals surface area contributed by atoms with Crippen molar-refractivity contribution in [3.05, 3.63) is 81.2 Å². The Bertz CT molecular complexity index is 1200. The number of fused-ring (bicyclic) bond motifs is 1. The van der Waals surface area contributed by atoms with E-state index in [0.29, 0.717) is 38.5 Å². The number of carbonyl (C=O) groups is 2. The highest BCUT2D eigenvalue weighted by Crippen LogP contribution is 2.38. The van der Waals surface area contributed by atoms with Crippen LogP contribution in [-0.4, -0.2) is 33.8 Å². The van der Waals surface area contributed by atoms with E-state index in [1.165, 1.54) is 11.8 Å². The Morgan fingerprint density at radius 3 is 2.52 bits per heavy atom. The van der Waals surface area contributed by atoms with Crippen LogP contribution in [-0.2, 0) is 9.53 Å². The third-order valence-corrected chi connectivity index (χ3v) is 5.36. The highest BCUT2D eigenvalue weighted by molar-refractivity contribution is 6.31. The molecule has 31 heavy (non-hydrogen) atoms. The number of hydrogen-bond acceptors (Lipinski definition) is 6. The van der Waals surface area contributed by atoms with Crippen LogP contribution >= 0.6 is 23.2 Å². The van der Waals surface area contributed by atoms with Gasteiger partial charge in [0.25, 0.3) is 11.7 Å². The van der Waals surface area contributed by atoms with Crippen molar-refractivity contribution in [2.75, 3.05) is 17.7 Å². The topological polar surface area (TPSA) is 98.1 Å². The van der Waals surface area contributed by atoms with Crippen LogP contribution in [0.3, 0.4) is 0 Å². The molecule has 2 N–H and O–H groups in total. The molecule has 1 aliphatic rings. The molecule has 0 fully saturated rings. The molecular weight excluding hydrogens is 441 g/mol. The van der Waals surface area contributed by atoms with E-state index in [9.17, 15) is 9.59 Å². The minimum atomic E-state index is -0.719. The minimum absolute atomic E-state index is 0.130. The number of rotatable bonds is 4. The highest BCUT2D eigenvalue weighted by atomic mass is 35.5. The summed E-state index contributed by atoms with van der Waals surface area (Å²) < 4.78 is 6.19. The molecule has 0 saturated carbocycles. The molecule has 3 aromatic rings. The summed E-state index contributed by atoms with van der Waals surface area (Å²) in [7, 11) is 1.25. The number of amides is 1. The summed E-state index contributed by atoms with van der Waals surface area (Å²) in [4.78, 5) is 29.5. The molecule has 2 heterocycles. The summed E-state index contributed by atoms with van der Waals surface area (Å²) in [6, 6.07) is 13.2. The fourth-order valence-electron chi connectivity index (χ4n) is 3.34. The maximum absolute atomic E-state index is 13.3. The molecule has 10 heteroatoms. The van der Waals surface area contributed by atoms with Crippen molar-refractivity contribution < 1.29 is 14.3 Å². The fourth-order valence-corrected chi connectivity index (χ4v) is 3.70. The maximum Gasteiger partial charge on any atom is 0.378 e. The van der Waals surface area contributed by atoms with Gasteiger partial charge in [-0.3, -0.25) is 4.79 Å². The van der Waals surface area contributed by atoms with Crippen LogP contribution in [0.5, 0.6) is 0 Å². The first-order valence-corrected chi connectivity index (χ1v) is 9.98. The first-order chi connectivity index (χ1) is 14.9. The van der Waals surface area contributed by atoms with Crippen LogP contribution in [0.25, 0.3) is 0 Å². The number of nitrogens with zero attached hydrogens (tertiary/aromatic N) is 3. The molecule has 1 aromatic heterocycles. The Morgan fingerprint density at radius 2 is 1.84 bits per heavy atom. The Balaban J connectivity index is 1.81. The molecule has 1 aliphatic heterocycles. The van der Waals surface area contributed by atoms with Gasteiger partial charge in [0.1, 0.15) is 6.04 Å². The number of esters is 1. The second-order valence-electron chi connectivity index (χ2n) is 6.74. The van der Waals surface area contributed by atoms with Crippen molar-refractivity contribution >= 4 is 46.7 Å². The number of aromatic nitrogens is 3. The number of anilines is 2. The van der Waals surface area contributed by atoms with E-state index in [2.05, 4.69) is 20.7 Å². The normalized spacial score (nSPS) is 15.2. The first kappa shape index (κ1) is 20.9. The van der Waals surface area contributed by atoms with Crippen molar-refractivity contribution in [3.8, 4) is 0 Å².